The molecule has 7 heteroatoms. The van der Waals surface area contributed by atoms with E-state index in [1.807, 2.05) is 0 Å². The SMILES string of the molecule is CCc1ccc(OCc2c(CC(=O)OC)cccc2OC)c(C(F)(F)F)c1. The summed E-state index contributed by atoms with van der Waals surface area (Å²) in [4.78, 5) is 11.6. The van der Waals surface area contributed by atoms with Crippen molar-refractivity contribution < 1.29 is 32.2 Å². The van der Waals surface area contributed by atoms with Crippen LogP contribution in [-0.4, -0.2) is 20.2 Å². The van der Waals surface area contributed by atoms with Gasteiger partial charge in [-0.15, -0.1) is 0 Å². The summed E-state index contributed by atoms with van der Waals surface area (Å²) >= 11 is 0. The van der Waals surface area contributed by atoms with Crippen molar-refractivity contribution in [1.82, 2.24) is 0 Å². The number of benzene rings is 2. The molecule has 0 atom stereocenters. The Bertz CT molecular complexity index is 800. The number of ether oxygens (including phenoxy) is 3. The summed E-state index contributed by atoms with van der Waals surface area (Å²) in [5.74, 6) is -0.308. The van der Waals surface area contributed by atoms with Crippen molar-refractivity contribution in [3.05, 3.63) is 58.7 Å². The molecule has 27 heavy (non-hydrogen) atoms. The highest BCUT2D eigenvalue weighted by molar-refractivity contribution is 5.73. The van der Waals surface area contributed by atoms with Gasteiger partial charge in [-0.1, -0.05) is 25.1 Å². The number of esters is 1. The minimum Gasteiger partial charge on any atom is -0.496 e. The second-order valence-corrected chi connectivity index (χ2v) is 5.82. The molecule has 146 valence electrons. The standard InChI is InChI=1S/C20H21F3O4/c1-4-13-8-9-18(16(10-13)20(21,22)23)27-12-15-14(11-19(24)26-3)6-5-7-17(15)25-2/h5-10H,4,11-12H2,1-3H3. The van der Waals surface area contributed by atoms with Gasteiger partial charge in [-0.05, 0) is 35.7 Å². The van der Waals surface area contributed by atoms with Crippen LogP contribution in [0.4, 0.5) is 13.2 Å². The van der Waals surface area contributed by atoms with E-state index in [0.29, 0.717) is 28.9 Å². The third kappa shape index (κ3) is 5.15. The number of halogens is 3. The van der Waals surface area contributed by atoms with E-state index < -0.39 is 17.7 Å². The van der Waals surface area contributed by atoms with Crippen molar-refractivity contribution in [3.63, 3.8) is 0 Å². The lowest BCUT2D eigenvalue weighted by Gasteiger charge is -2.18. The largest absolute Gasteiger partial charge is 0.496 e. The van der Waals surface area contributed by atoms with Gasteiger partial charge in [-0.3, -0.25) is 4.79 Å². The van der Waals surface area contributed by atoms with Crippen LogP contribution in [0.15, 0.2) is 36.4 Å². The van der Waals surface area contributed by atoms with E-state index in [4.69, 9.17) is 9.47 Å². The lowest BCUT2D eigenvalue weighted by Crippen LogP contribution is -2.12. The van der Waals surface area contributed by atoms with E-state index in [1.165, 1.54) is 20.3 Å². The Kier molecular flexibility index (Phi) is 6.71. The number of hydrogen-bond acceptors (Lipinski definition) is 4. The van der Waals surface area contributed by atoms with Gasteiger partial charge in [0.25, 0.3) is 0 Å². The molecule has 0 bridgehead atoms. The van der Waals surface area contributed by atoms with Gasteiger partial charge in [-0.25, -0.2) is 0 Å². The highest BCUT2D eigenvalue weighted by Crippen LogP contribution is 2.37. The summed E-state index contributed by atoms with van der Waals surface area (Å²) in [5.41, 5.74) is 0.808. The zero-order valence-corrected chi connectivity index (χ0v) is 15.4. The molecule has 0 amide bonds. The summed E-state index contributed by atoms with van der Waals surface area (Å²) in [6.45, 7) is 1.61. The molecule has 0 N–H and O–H groups in total. The normalized spacial score (nSPS) is 11.2. The summed E-state index contributed by atoms with van der Waals surface area (Å²) in [5, 5.41) is 0. The summed E-state index contributed by atoms with van der Waals surface area (Å²) in [6, 6.07) is 9.04. The molecule has 0 fully saturated rings. The molecule has 2 aromatic rings. The molecule has 2 rings (SSSR count). The molecule has 4 nitrogen and oxygen atoms in total. The first-order valence-electron chi connectivity index (χ1n) is 8.34. The molecule has 0 aliphatic heterocycles. The van der Waals surface area contributed by atoms with Gasteiger partial charge < -0.3 is 14.2 Å². The van der Waals surface area contributed by atoms with Gasteiger partial charge in [0.05, 0.1) is 26.2 Å². The van der Waals surface area contributed by atoms with Crippen molar-refractivity contribution in [3.8, 4) is 11.5 Å². The maximum Gasteiger partial charge on any atom is 0.419 e. The Balaban J connectivity index is 2.35. The van der Waals surface area contributed by atoms with Crippen molar-refractivity contribution in [2.24, 2.45) is 0 Å². The van der Waals surface area contributed by atoms with E-state index in [2.05, 4.69) is 4.74 Å². The highest BCUT2D eigenvalue weighted by atomic mass is 19.4. The molecule has 0 aliphatic rings. The maximum atomic E-state index is 13.4. The average Bonchev–Trinajstić information content (AvgIpc) is 2.65. The predicted molar refractivity (Wildman–Crippen MR) is 93.9 cm³/mol. The monoisotopic (exact) mass is 382 g/mol. The van der Waals surface area contributed by atoms with Crippen LogP contribution >= 0.6 is 0 Å². The Morgan fingerprint density at radius 1 is 1.07 bits per heavy atom. The number of aryl methyl sites for hydroxylation is 1. The van der Waals surface area contributed by atoms with Crippen LogP contribution in [0.5, 0.6) is 11.5 Å². The van der Waals surface area contributed by atoms with Gasteiger partial charge in [0, 0.05) is 5.56 Å². The van der Waals surface area contributed by atoms with E-state index >= 15 is 0 Å². The fourth-order valence-electron chi connectivity index (χ4n) is 2.65. The van der Waals surface area contributed by atoms with Crippen molar-refractivity contribution in [2.45, 2.75) is 32.5 Å². The second kappa shape index (κ2) is 8.79. The van der Waals surface area contributed by atoms with Crippen LogP contribution in [0.2, 0.25) is 0 Å². The molecule has 0 radical (unpaired) electrons. The van der Waals surface area contributed by atoms with Gasteiger partial charge in [0.15, 0.2) is 0 Å². The maximum absolute atomic E-state index is 13.4. The van der Waals surface area contributed by atoms with Gasteiger partial charge in [-0.2, -0.15) is 13.2 Å². The first-order chi connectivity index (χ1) is 12.8. The Hall–Kier alpha value is -2.70. The molecule has 0 spiro atoms. The molecule has 0 aliphatic carbocycles. The third-order valence-electron chi connectivity index (χ3n) is 4.14. The van der Waals surface area contributed by atoms with E-state index in [-0.39, 0.29) is 18.8 Å². The summed E-state index contributed by atoms with van der Waals surface area (Å²) < 4.78 is 55.5. The number of carbonyl (C=O) groups excluding carboxylic acids is 1. The lowest BCUT2D eigenvalue weighted by atomic mass is 10.0. The third-order valence-corrected chi connectivity index (χ3v) is 4.14. The molecule has 0 aromatic heterocycles. The fourth-order valence-corrected chi connectivity index (χ4v) is 2.65. The van der Waals surface area contributed by atoms with Gasteiger partial charge >= 0.3 is 12.1 Å². The van der Waals surface area contributed by atoms with Crippen molar-refractivity contribution in [1.29, 1.82) is 0 Å². The second-order valence-electron chi connectivity index (χ2n) is 5.82. The quantitative estimate of drug-likeness (QED) is 0.658. The molecule has 0 heterocycles. The van der Waals surface area contributed by atoms with E-state index in [1.54, 1.807) is 31.2 Å². The molecule has 0 saturated heterocycles. The van der Waals surface area contributed by atoms with Crippen LogP contribution < -0.4 is 9.47 Å². The summed E-state index contributed by atoms with van der Waals surface area (Å²) in [7, 11) is 2.71. The number of carbonyl (C=O) groups is 1. The topological polar surface area (TPSA) is 44.8 Å². The van der Waals surface area contributed by atoms with Crippen molar-refractivity contribution >= 4 is 5.97 Å². The van der Waals surface area contributed by atoms with E-state index in [0.717, 1.165) is 6.07 Å². The first-order valence-corrected chi connectivity index (χ1v) is 8.34. The average molecular weight is 382 g/mol. The molecular formula is C20H21F3O4. The molecule has 0 unspecified atom stereocenters. The zero-order chi connectivity index (χ0) is 20.0. The smallest absolute Gasteiger partial charge is 0.419 e. The molecular weight excluding hydrogens is 361 g/mol. The van der Waals surface area contributed by atoms with Crippen LogP contribution in [0.1, 0.15) is 29.2 Å². The van der Waals surface area contributed by atoms with Crippen LogP contribution in [0.3, 0.4) is 0 Å². The number of hydrogen-bond donors (Lipinski definition) is 0. The Labute approximate surface area is 155 Å². The number of rotatable bonds is 7. The summed E-state index contributed by atoms with van der Waals surface area (Å²) in [6.07, 6.45) is -4.08. The van der Waals surface area contributed by atoms with E-state index in [9.17, 15) is 18.0 Å². The van der Waals surface area contributed by atoms with Crippen molar-refractivity contribution in [2.75, 3.05) is 14.2 Å². The predicted octanol–water partition coefficient (Wildman–Crippen LogP) is 4.57. The molecule has 2 aromatic carbocycles. The Morgan fingerprint density at radius 3 is 2.41 bits per heavy atom. The minimum atomic E-state index is -4.53. The van der Waals surface area contributed by atoms with Crippen LogP contribution in [0, 0.1) is 0 Å². The van der Waals surface area contributed by atoms with Crippen LogP contribution in [-0.2, 0) is 35.2 Å². The Morgan fingerprint density at radius 2 is 1.81 bits per heavy atom. The van der Waals surface area contributed by atoms with Gasteiger partial charge in [0.1, 0.15) is 18.1 Å². The van der Waals surface area contributed by atoms with Crippen LogP contribution in [0.25, 0.3) is 0 Å². The highest BCUT2D eigenvalue weighted by Gasteiger charge is 2.34. The first kappa shape index (κ1) is 20.6. The number of methoxy groups -OCH3 is 2. The van der Waals surface area contributed by atoms with Gasteiger partial charge in [0.2, 0.25) is 0 Å². The zero-order valence-electron chi connectivity index (χ0n) is 15.4. The minimum absolute atomic E-state index is 0.0344. The number of alkyl halides is 3. The molecule has 0 saturated carbocycles. The lowest BCUT2D eigenvalue weighted by molar-refractivity contribution is -0.140. The fraction of sp³-hybridized carbons (Fsp3) is 0.350.